The van der Waals surface area contributed by atoms with Crippen LogP contribution < -0.4 is 0 Å². The molecule has 10 heteroatoms. The fourth-order valence-corrected chi connectivity index (χ4v) is 8.05. The lowest BCUT2D eigenvalue weighted by molar-refractivity contribution is -0.144. The van der Waals surface area contributed by atoms with Crippen LogP contribution in [0.2, 0.25) is 0 Å². The van der Waals surface area contributed by atoms with Gasteiger partial charge in [0.15, 0.2) is 5.78 Å². The van der Waals surface area contributed by atoms with Crippen LogP contribution in [0.25, 0.3) is 33.2 Å². The van der Waals surface area contributed by atoms with Gasteiger partial charge in [-0.1, -0.05) is 139 Å². The minimum atomic E-state index is -0.385. The van der Waals surface area contributed by atoms with Gasteiger partial charge in [-0.2, -0.15) is 0 Å². The lowest BCUT2D eigenvalue weighted by atomic mass is 9.98. The Morgan fingerprint density at radius 1 is 0.478 bits per heavy atom. The minimum Gasteiger partial charge on any atom is -0.318 e. The Morgan fingerprint density at radius 2 is 0.870 bits per heavy atom. The summed E-state index contributed by atoms with van der Waals surface area (Å²) in [4.78, 5) is 47.2. The summed E-state index contributed by atoms with van der Waals surface area (Å²) in [6.45, 7) is 7.59. The molecule has 2 aromatic heterocycles. The number of oxime groups is 2. The summed E-state index contributed by atoms with van der Waals surface area (Å²) in [6.07, 6.45) is 5.52. The maximum Gasteiger partial charge on any atom is 0.334 e. The monoisotopic (exact) mass is 914 g/mol. The lowest BCUT2D eigenvalue weighted by Gasteiger charge is -2.08. The van der Waals surface area contributed by atoms with Crippen LogP contribution in [-0.4, -0.2) is 38.3 Å². The van der Waals surface area contributed by atoms with Crippen LogP contribution >= 0.6 is 0 Å². The van der Waals surface area contributed by atoms with Crippen molar-refractivity contribution in [2.45, 2.75) is 53.4 Å². The van der Waals surface area contributed by atoms with Crippen molar-refractivity contribution in [3.8, 4) is 11.4 Å². The lowest BCUT2D eigenvalue weighted by Crippen LogP contribution is -2.09. The van der Waals surface area contributed by atoms with Crippen molar-refractivity contribution in [2.24, 2.45) is 10.3 Å². The van der Waals surface area contributed by atoms with E-state index in [2.05, 4.69) is 33.9 Å². The molecule has 0 unspecified atom stereocenters. The molecule has 0 aliphatic carbocycles. The summed E-state index contributed by atoms with van der Waals surface area (Å²) < 4.78 is 17.5. The summed E-state index contributed by atoms with van der Waals surface area (Å²) in [5.74, 6) is -1.06. The fraction of sp³-hybridized carbons (Fsp3) is 0.136. The normalized spacial score (nSPS) is 11.6. The molecule has 0 amide bonds. The van der Waals surface area contributed by atoms with Crippen LogP contribution in [0, 0.1) is 19.7 Å². The maximum absolute atomic E-state index is 13.5. The highest BCUT2D eigenvalue weighted by Gasteiger charge is 2.20. The van der Waals surface area contributed by atoms with Crippen LogP contribution in [0.5, 0.6) is 0 Å². The van der Waals surface area contributed by atoms with Gasteiger partial charge in [-0.3, -0.25) is 4.79 Å². The first-order chi connectivity index (χ1) is 33.6. The summed E-state index contributed by atoms with van der Waals surface area (Å²) >= 11 is 0. The number of aromatic nitrogens is 2. The third kappa shape index (κ3) is 11.0. The van der Waals surface area contributed by atoms with E-state index in [1.165, 1.54) is 12.1 Å². The van der Waals surface area contributed by atoms with Crippen LogP contribution in [0.15, 0.2) is 199 Å². The van der Waals surface area contributed by atoms with Crippen molar-refractivity contribution >= 4 is 51.0 Å². The summed E-state index contributed by atoms with van der Waals surface area (Å²) in [5.41, 5.74) is 12.6. The Morgan fingerprint density at radius 3 is 1.32 bits per heavy atom. The van der Waals surface area contributed by atoms with Crippen LogP contribution in [0.3, 0.4) is 0 Å². The molecule has 0 aliphatic rings. The average Bonchev–Trinajstić information content (AvgIpc) is 3.97. The van der Waals surface area contributed by atoms with E-state index < -0.39 is 0 Å². The van der Waals surface area contributed by atoms with Gasteiger partial charge in [0, 0.05) is 82.5 Å². The van der Waals surface area contributed by atoms with Crippen molar-refractivity contribution in [2.75, 3.05) is 0 Å². The van der Waals surface area contributed by atoms with E-state index >= 15 is 0 Å². The topological polar surface area (TPSA) is 104 Å². The van der Waals surface area contributed by atoms with Crippen molar-refractivity contribution in [3.63, 3.8) is 0 Å². The Labute approximate surface area is 400 Å². The molecule has 0 spiro atoms. The van der Waals surface area contributed by atoms with Crippen LogP contribution in [0.4, 0.5) is 4.39 Å². The number of hydrogen-bond donors (Lipinski definition) is 0. The zero-order chi connectivity index (χ0) is 48.3. The van der Waals surface area contributed by atoms with Crippen LogP contribution in [-0.2, 0) is 32.1 Å². The molecule has 344 valence electrons. The molecule has 0 atom stereocenters. The molecule has 9 nitrogen and oxygen atoms in total. The Kier molecular flexibility index (Phi) is 14.9. The predicted molar refractivity (Wildman–Crippen MR) is 272 cm³/mol. The first-order valence-corrected chi connectivity index (χ1v) is 22.9. The highest BCUT2D eigenvalue weighted by atomic mass is 19.1. The number of halogens is 1. The highest BCUT2D eigenvalue weighted by molar-refractivity contribution is 6.13. The van der Waals surface area contributed by atoms with Crippen molar-refractivity contribution in [1.82, 2.24) is 9.13 Å². The second-order valence-corrected chi connectivity index (χ2v) is 16.5. The first kappa shape index (κ1) is 47.0. The second kappa shape index (κ2) is 21.9. The number of benzene rings is 7. The molecule has 0 aliphatic heterocycles. The minimum absolute atomic E-state index is 0.0133. The Balaban J connectivity index is 0.000000190. The molecular formula is C59H51FN4O5. The Hall–Kier alpha value is -8.50. The zero-order valence-electron chi connectivity index (χ0n) is 38.9. The molecular weight excluding hydrogens is 864 g/mol. The number of carbonyl (C=O) groups excluding carboxylic acids is 3. The number of carbonyl (C=O) groups is 3. The third-order valence-corrected chi connectivity index (χ3v) is 11.9. The molecule has 9 aromatic rings. The van der Waals surface area contributed by atoms with Gasteiger partial charge in [0.25, 0.3) is 0 Å². The van der Waals surface area contributed by atoms with E-state index in [1.54, 1.807) is 26.0 Å². The van der Waals surface area contributed by atoms with Gasteiger partial charge in [0.1, 0.15) is 5.82 Å². The third-order valence-electron chi connectivity index (χ3n) is 11.9. The average molecular weight is 915 g/mol. The number of para-hydroxylation sites is 2. The Bertz CT molecular complexity index is 3330. The van der Waals surface area contributed by atoms with E-state index in [-0.39, 0.29) is 36.4 Å². The largest absolute Gasteiger partial charge is 0.334 e. The van der Waals surface area contributed by atoms with Gasteiger partial charge >= 0.3 is 11.9 Å². The number of aryl methyl sites for hydroxylation is 2. The first-order valence-electron chi connectivity index (χ1n) is 22.9. The molecule has 0 radical (unpaired) electrons. The molecule has 69 heavy (non-hydrogen) atoms. The standard InChI is InChI=1S/C33H28N2O3.C26H23FN2O2/c1-3-32(36)38-34-30(21-26-14-8-7-11-23(26)2)29-22-35(31-16-10-9-15-28(29)31)27-19-17-25(18-20-27)33(37)24-12-5-4-6-13-24;1-3-26(30)31-28-24(16-19-9-5-4-8-18(19)2)23-17-29(21-14-12-20(27)13-15-21)25-11-7-6-10-22(23)25/h4-20,22H,3,21H2,1-2H3;4-15,17H,3,16H2,1-2H3/b34-30+;28-24+. The smallest absolute Gasteiger partial charge is 0.318 e. The van der Waals surface area contributed by atoms with Gasteiger partial charge in [-0.15, -0.1) is 0 Å². The molecule has 0 saturated carbocycles. The quantitative estimate of drug-likeness (QED) is 0.0468. The van der Waals surface area contributed by atoms with Crippen LogP contribution in [0.1, 0.15) is 76.0 Å². The van der Waals surface area contributed by atoms with Gasteiger partial charge in [-0.25, -0.2) is 14.0 Å². The van der Waals surface area contributed by atoms with E-state index in [9.17, 15) is 18.8 Å². The molecule has 0 saturated heterocycles. The van der Waals surface area contributed by atoms with Gasteiger partial charge in [0.05, 0.1) is 22.5 Å². The molecule has 9 rings (SSSR count). The second-order valence-electron chi connectivity index (χ2n) is 16.5. The fourth-order valence-electron chi connectivity index (χ4n) is 8.05. The molecule has 0 bridgehead atoms. The van der Waals surface area contributed by atoms with E-state index in [4.69, 9.17) is 9.68 Å². The summed E-state index contributed by atoms with van der Waals surface area (Å²) in [6, 6.07) is 55.4. The zero-order valence-corrected chi connectivity index (χ0v) is 38.9. The van der Waals surface area contributed by atoms with Gasteiger partial charge in [-0.05, 0) is 96.8 Å². The van der Waals surface area contributed by atoms with Crippen molar-refractivity contribution < 1.29 is 28.4 Å². The molecule has 0 N–H and O–H groups in total. The number of ketones is 1. The summed E-state index contributed by atoms with van der Waals surface area (Å²) in [7, 11) is 0. The van der Waals surface area contributed by atoms with Crippen molar-refractivity contribution in [3.05, 3.63) is 239 Å². The molecule has 0 fully saturated rings. The maximum atomic E-state index is 13.5. The van der Waals surface area contributed by atoms with E-state index in [0.29, 0.717) is 35.4 Å². The number of nitrogens with zero attached hydrogens (tertiary/aromatic N) is 4. The highest BCUT2D eigenvalue weighted by Crippen LogP contribution is 2.29. The number of hydrogen-bond acceptors (Lipinski definition) is 7. The SMILES string of the molecule is CCC(=O)O/N=C(\Cc1ccccc1C)c1cn(-c2ccc(C(=O)c3ccccc3)cc2)c2ccccc12.CCC(=O)O/N=C(\Cc1ccccc1C)c1cn(-c2ccc(F)cc2)c2ccccc12. The number of rotatable bonds is 14. The number of fused-ring (bicyclic) bond motifs is 2. The van der Waals surface area contributed by atoms with E-state index in [0.717, 1.165) is 66.6 Å². The molecule has 2 heterocycles. The van der Waals surface area contributed by atoms with Gasteiger partial charge in [0.2, 0.25) is 0 Å². The van der Waals surface area contributed by atoms with Gasteiger partial charge < -0.3 is 18.8 Å². The molecule has 7 aromatic carbocycles. The summed E-state index contributed by atoms with van der Waals surface area (Å²) in [5, 5.41) is 10.6. The predicted octanol–water partition coefficient (Wildman–Crippen LogP) is 13.0. The van der Waals surface area contributed by atoms with Crippen molar-refractivity contribution in [1.29, 1.82) is 0 Å². The van der Waals surface area contributed by atoms with E-state index in [1.807, 2.05) is 163 Å².